The third-order valence-corrected chi connectivity index (χ3v) is 5.04. The van der Waals surface area contributed by atoms with Gasteiger partial charge in [0.25, 0.3) is 5.91 Å². The zero-order valence-corrected chi connectivity index (χ0v) is 15.7. The fourth-order valence-electron chi connectivity index (χ4n) is 3.39. The second-order valence-electron chi connectivity index (χ2n) is 7.20. The van der Waals surface area contributed by atoms with Crippen LogP contribution >= 0.6 is 0 Å². The van der Waals surface area contributed by atoms with Gasteiger partial charge in [-0.25, -0.2) is 9.97 Å². The largest absolute Gasteiger partial charge is 0.454 e. The summed E-state index contributed by atoms with van der Waals surface area (Å²) in [6.07, 6.45) is 2.09. The van der Waals surface area contributed by atoms with Crippen molar-refractivity contribution in [2.45, 2.75) is 33.2 Å². The maximum Gasteiger partial charge on any atom is 0.272 e. The van der Waals surface area contributed by atoms with Crippen LogP contribution < -0.4 is 14.8 Å². The van der Waals surface area contributed by atoms with Crippen LogP contribution in [0.2, 0.25) is 0 Å². The molecule has 1 N–H and O–H groups in total. The molecule has 0 bridgehead atoms. The Morgan fingerprint density at radius 3 is 2.78 bits per heavy atom. The number of anilines is 1. The normalized spacial score (nSPS) is 16.4. The number of nitrogens with zero attached hydrogens (tertiary/aromatic N) is 3. The number of rotatable bonds is 4. The van der Waals surface area contributed by atoms with Gasteiger partial charge in [0.05, 0.1) is 0 Å². The first-order valence-electron chi connectivity index (χ1n) is 9.36. The number of carbonyl (C=O) groups is 1. The van der Waals surface area contributed by atoms with Gasteiger partial charge in [0.15, 0.2) is 11.5 Å². The molecule has 2 aliphatic heterocycles. The van der Waals surface area contributed by atoms with Crippen LogP contribution in [0.5, 0.6) is 11.5 Å². The maximum atomic E-state index is 12.8. The molecule has 0 spiro atoms. The lowest BCUT2D eigenvalue weighted by atomic mass is 9.99. The number of piperidine rings is 1. The third-order valence-electron chi connectivity index (χ3n) is 5.04. The molecule has 3 heterocycles. The third kappa shape index (κ3) is 3.97. The highest BCUT2D eigenvalue weighted by molar-refractivity contribution is 5.93. The second-order valence-corrected chi connectivity index (χ2v) is 7.20. The van der Waals surface area contributed by atoms with Crippen molar-refractivity contribution in [3.05, 3.63) is 41.3 Å². The van der Waals surface area contributed by atoms with E-state index in [2.05, 4.69) is 22.2 Å². The van der Waals surface area contributed by atoms with Crippen LogP contribution in [0.15, 0.2) is 24.3 Å². The number of aromatic nitrogens is 2. The molecule has 0 radical (unpaired) electrons. The molecule has 7 heteroatoms. The monoisotopic (exact) mass is 368 g/mol. The number of amides is 1. The molecule has 27 heavy (non-hydrogen) atoms. The van der Waals surface area contributed by atoms with Crippen molar-refractivity contribution in [2.24, 2.45) is 5.92 Å². The predicted octanol–water partition coefficient (Wildman–Crippen LogP) is 3.00. The van der Waals surface area contributed by atoms with Gasteiger partial charge < -0.3 is 19.7 Å². The molecule has 0 saturated carbocycles. The van der Waals surface area contributed by atoms with E-state index >= 15 is 0 Å². The molecule has 4 rings (SSSR count). The molecule has 1 amide bonds. The van der Waals surface area contributed by atoms with Gasteiger partial charge in [0, 0.05) is 25.7 Å². The average molecular weight is 368 g/mol. The minimum absolute atomic E-state index is 0.0153. The van der Waals surface area contributed by atoms with Crippen molar-refractivity contribution in [1.82, 2.24) is 14.9 Å². The molecule has 0 aliphatic carbocycles. The van der Waals surface area contributed by atoms with E-state index in [4.69, 9.17) is 9.47 Å². The Balaban J connectivity index is 1.45. The first-order valence-corrected chi connectivity index (χ1v) is 9.36. The molecule has 2 aromatic rings. The summed E-state index contributed by atoms with van der Waals surface area (Å²) in [5, 5.41) is 3.28. The van der Waals surface area contributed by atoms with Gasteiger partial charge in [-0.3, -0.25) is 4.79 Å². The molecule has 1 saturated heterocycles. The van der Waals surface area contributed by atoms with Crippen LogP contribution in [0.1, 0.15) is 41.6 Å². The van der Waals surface area contributed by atoms with Gasteiger partial charge >= 0.3 is 0 Å². The van der Waals surface area contributed by atoms with Crippen LogP contribution in [0.25, 0.3) is 0 Å². The highest BCUT2D eigenvalue weighted by Gasteiger charge is 2.23. The van der Waals surface area contributed by atoms with Crippen LogP contribution in [-0.4, -0.2) is 40.7 Å². The fourth-order valence-corrected chi connectivity index (χ4v) is 3.39. The Morgan fingerprint density at radius 1 is 1.19 bits per heavy atom. The Labute approximate surface area is 158 Å². The molecule has 7 nitrogen and oxygen atoms in total. The van der Waals surface area contributed by atoms with E-state index in [1.807, 2.05) is 23.1 Å². The molecular formula is C20H24N4O3. The lowest BCUT2D eigenvalue weighted by Crippen LogP contribution is -2.38. The molecule has 1 aromatic heterocycles. The molecular weight excluding hydrogens is 344 g/mol. The lowest BCUT2D eigenvalue weighted by Gasteiger charge is -2.30. The summed E-state index contributed by atoms with van der Waals surface area (Å²) >= 11 is 0. The number of nitrogens with one attached hydrogen (secondary N) is 1. The first kappa shape index (κ1) is 17.6. The van der Waals surface area contributed by atoms with E-state index in [-0.39, 0.29) is 12.7 Å². The summed E-state index contributed by atoms with van der Waals surface area (Å²) in [6, 6.07) is 7.57. The summed E-state index contributed by atoms with van der Waals surface area (Å²) in [4.78, 5) is 23.4. The standard InChI is InChI=1S/C20H24N4O3/c1-13-5-7-24(8-6-13)20(25)16-10-19(23-14(2)22-16)21-11-15-3-4-17-18(9-15)27-12-26-17/h3-4,9-10,13H,5-8,11-12H2,1-2H3,(H,21,22,23). The topological polar surface area (TPSA) is 76.6 Å². The first-order chi connectivity index (χ1) is 13.1. The summed E-state index contributed by atoms with van der Waals surface area (Å²) in [5.41, 5.74) is 1.50. The summed E-state index contributed by atoms with van der Waals surface area (Å²) in [6.45, 7) is 6.46. The van der Waals surface area contributed by atoms with Crippen molar-refractivity contribution in [3.8, 4) is 11.5 Å². The number of fused-ring (bicyclic) bond motifs is 1. The van der Waals surface area contributed by atoms with E-state index < -0.39 is 0 Å². The molecule has 0 unspecified atom stereocenters. The molecule has 2 aliphatic rings. The number of benzene rings is 1. The summed E-state index contributed by atoms with van der Waals surface area (Å²) in [5.74, 6) is 3.41. The zero-order chi connectivity index (χ0) is 18.8. The smallest absolute Gasteiger partial charge is 0.272 e. The van der Waals surface area contributed by atoms with Gasteiger partial charge in [-0.2, -0.15) is 0 Å². The summed E-state index contributed by atoms with van der Waals surface area (Å²) in [7, 11) is 0. The minimum atomic E-state index is -0.0153. The maximum absolute atomic E-state index is 12.8. The van der Waals surface area contributed by atoms with Gasteiger partial charge in [0.1, 0.15) is 17.3 Å². The predicted molar refractivity (Wildman–Crippen MR) is 101 cm³/mol. The Morgan fingerprint density at radius 2 is 1.96 bits per heavy atom. The Bertz CT molecular complexity index is 847. The fraction of sp³-hybridized carbons (Fsp3) is 0.450. The average Bonchev–Trinajstić information content (AvgIpc) is 3.14. The van der Waals surface area contributed by atoms with Gasteiger partial charge in [0.2, 0.25) is 6.79 Å². The number of carbonyl (C=O) groups excluding carboxylic acids is 1. The van der Waals surface area contributed by atoms with Crippen molar-refractivity contribution < 1.29 is 14.3 Å². The van der Waals surface area contributed by atoms with E-state index in [1.54, 1.807) is 13.0 Å². The van der Waals surface area contributed by atoms with Gasteiger partial charge in [-0.1, -0.05) is 13.0 Å². The minimum Gasteiger partial charge on any atom is -0.454 e. The number of likely N-dealkylation sites (tertiary alicyclic amines) is 1. The van der Waals surface area contributed by atoms with Crippen LogP contribution in [0.4, 0.5) is 5.82 Å². The van der Waals surface area contributed by atoms with E-state index in [1.165, 1.54) is 0 Å². The van der Waals surface area contributed by atoms with Crippen molar-refractivity contribution in [3.63, 3.8) is 0 Å². The van der Waals surface area contributed by atoms with Gasteiger partial charge in [-0.05, 0) is 43.4 Å². The van der Waals surface area contributed by atoms with E-state index in [0.717, 1.165) is 43.0 Å². The van der Waals surface area contributed by atoms with E-state index in [0.29, 0.717) is 29.8 Å². The lowest BCUT2D eigenvalue weighted by molar-refractivity contribution is 0.0691. The molecule has 0 atom stereocenters. The number of ether oxygens (including phenoxy) is 2. The SMILES string of the molecule is Cc1nc(NCc2ccc3c(c2)OCO3)cc(C(=O)N2CCC(C)CC2)n1. The van der Waals surface area contributed by atoms with Crippen LogP contribution in [-0.2, 0) is 6.54 Å². The molecule has 142 valence electrons. The zero-order valence-electron chi connectivity index (χ0n) is 15.7. The highest BCUT2D eigenvalue weighted by atomic mass is 16.7. The van der Waals surface area contributed by atoms with Crippen LogP contribution in [0.3, 0.4) is 0 Å². The van der Waals surface area contributed by atoms with Gasteiger partial charge in [-0.15, -0.1) is 0 Å². The number of aryl methyl sites for hydroxylation is 1. The Kier molecular flexibility index (Phi) is 4.83. The molecule has 1 fully saturated rings. The number of hydrogen-bond acceptors (Lipinski definition) is 6. The quantitative estimate of drug-likeness (QED) is 0.894. The Hall–Kier alpha value is -2.83. The van der Waals surface area contributed by atoms with Crippen molar-refractivity contribution >= 4 is 11.7 Å². The van der Waals surface area contributed by atoms with Crippen LogP contribution in [0, 0.1) is 12.8 Å². The van der Waals surface area contributed by atoms with Crippen molar-refractivity contribution in [2.75, 3.05) is 25.2 Å². The van der Waals surface area contributed by atoms with Crippen molar-refractivity contribution in [1.29, 1.82) is 0 Å². The highest BCUT2D eigenvalue weighted by Crippen LogP contribution is 2.32. The summed E-state index contributed by atoms with van der Waals surface area (Å²) < 4.78 is 10.7. The van der Waals surface area contributed by atoms with E-state index in [9.17, 15) is 4.79 Å². The molecule has 1 aromatic carbocycles. The second kappa shape index (κ2) is 7.42. The number of hydrogen-bond donors (Lipinski definition) is 1.